The van der Waals surface area contributed by atoms with Crippen LogP contribution in [0.3, 0.4) is 0 Å². The molecule has 1 heterocycles. The number of hydrogen-bond acceptors (Lipinski definition) is 6. The largest absolute Gasteiger partial charge is 0.423 e. The van der Waals surface area contributed by atoms with Gasteiger partial charge in [0.05, 0.1) is 21.2 Å². The van der Waals surface area contributed by atoms with Gasteiger partial charge in [-0.1, -0.05) is 46.4 Å². The van der Waals surface area contributed by atoms with Crippen LogP contribution >= 0.6 is 46.4 Å². The van der Waals surface area contributed by atoms with Crippen LogP contribution in [0.25, 0.3) is 0 Å². The highest BCUT2D eigenvalue weighted by Gasteiger charge is 2.36. The SMILES string of the molecule is O=C(CN(C(=O)c1ccc(Cl)cc1Cl)N1C(=O)CCCC1=O)c1ccc(OC(=O)c2ccc(Cl)cc2Cl)cc1. The average Bonchev–Trinajstić information content (AvgIpc) is 2.88. The Balaban J connectivity index is 1.55. The maximum Gasteiger partial charge on any atom is 0.345 e. The van der Waals surface area contributed by atoms with E-state index in [4.69, 9.17) is 51.1 Å². The molecule has 0 aromatic heterocycles. The monoisotopic (exact) mass is 606 g/mol. The van der Waals surface area contributed by atoms with Gasteiger partial charge in [-0.3, -0.25) is 19.2 Å². The van der Waals surface area contributed by atoms with Gasteiger partial charge in [-0.25, -0.2) is 9.80 Å². The summed E-state index contributed by atoms with van der Waals surface area (Å²) in [6, 6.07) is 14.0. The first kappa shape index (κ1) is 28.6. The van der Waals surface area contributed by atoms with Gasteiger partial charge in [-0.15, -0.1) is 0 Å². The van der Waals surface area contributed by atoms with Crippen LogP contribution in [-0.2, 0) is 9.59 Å². The second-order valence-electron chi connectivity index (χ2n) is 8.40. The third-order valence-electron chi connectivity index (χ3n) is 5.72. The van der Waals surface area contributed by atoms with Crippen LogP contribution in [0.15, 0.2) is 60.7 Å². The molecule has 3 aromatic carbocycles. The molecule has 39 heavy (non-hydrogen) atoms. The van der Waals surface area contributed by atoms with Crippen molar-refractivity contribution in [2.24, 2.45) is 0 Å². The summed E-state index contributed by atoms with van der Waals surface area (Å²) < 4.78 is 5.31. The molecule has 12 heteroatoms. The number of hydrogen-bond donors (Lipinski definition) is 0. The molecule has 1 aliphatic rings. The van der Waals surface area contributed by atoms with Gasteiger partial charge < -0.3 is 4.74 Å². The van der Waals surface area contributed by atoms with Crippen molar-refractivity contribution in [3.8, 4) is 5.75 Å². The molecule has 0 spiro atoms. The molecule has 1 aliphatic heterocycles. The quantitative estimate of drug-likeness (QED) is 0.135. The zero-order chi connectivity index (χ0) is 28.3. The number of nitrogens with zero attached hydrogens (tertiary/aromatic N) is 2. The van der Waals surface area contributed by atoms with Crippen LogP contribution in [-0.4, -0.2) is 46.0 Å². The number of halogens is 4. The second-order valence-corrected chi connectivity index (χ2v) is 10.1. The van der Waals surface area contributed by atoms with Gasteiger partial charge in [-0.05, 0) is 67.1 Å². The highest BCUT2D eigenvalue weighted by atomic mass is 35.5. The molecule has 0 radical (unpaired) electrons. The summed E-state index contributed by atoms with van der Waals surface area (Å²) in [6.07, 6.45) is 0.415. The summed E-state index contributed by atoms with van der Waals surface area (Å²) in [6.45, 7) is -0.630. The van der Waals surface area contributed by atoms with E-state index in [1.165, 1.54) is 60.7 Å². The molecule has 3 amide bonds. The highest BCUT2D eigenvalue weighted by Crippen LogP contribution is 2.26. The fourth-order valence-corrected chi connectivity index (χ4v) is 4.77. The Hall–Kier alpha value is -3.43. The lowest BCUT2D eigenvalue weighted by Gasteiger charge is -2.35. The lowest BCUT2D eigenvalue weighted by molar-refractivity contribution is -0.162. The van der Waals surface area contributed by atoms with E-state index in [-0.39, 0.29) is 50.3 Å². The number of hydrazine groups is 1. The van der Waals surface area contributed by atoms with Crippen LogP contribution in [0.5, 0.6) is 5.75 Å². The number of Topliss-reactive ketones (excluding diaryl/α,β-unsaturated/α-hetero) is 1. The molecule has 0 bridgehead atoms. The van der Waals surface area contributed by atoms with Crippen LogP contribution < -0.4 is 4.74 Å². The summed E-state index contributed by atoms with van der Waals surface area (Å²) in [5, 5.41) is 2.24. The van der Waals surface area contributed by atoms with Crippen LogP contribution in [0.2, 0.25) is 20.1 Å². The molecule has 1 fully saturated rings. The predicted octanol–water partition coefficient (Wildman–Crippen LogP) is 6.30. The Kier molecular flexibility index (Phi) is 8.92. The molecule has 1 saturated heterocycles. The van der Waals surface area contributed by atoms with Crippen LogP contribution in [0.4, 0.5) is 0 Å². The third kappa shape index (κ3) is 6.59. The van der Waals surface area contributed by atoms with Crippen molar-refractivity contribution in [2.75, 3.05) is 6.54 Å². The van der Waals surface area contributed by atoms with Crippen LogP contribution in [0, 0.1) is 0 Å². The Bertz CT molecular complexity index is 1480. The molecule has 3 aromatic rings. The fourth-order valence-electron chi connectivity index (χ4n) is 3.80. The van der Waals surface area contributed by atoms with Gasteiger partial charge in [0.25, 0.3) is 5.91 Å². The predicted molar refractivity (Wildman–Crippen MR) is 145 cm³/mol. The number of piperidine rings is 1. The van der Waals surface area contributed by atoms with Crippen molar-refractivity contribution in [3.05, 3.63) is 97.4 Å². The minimum absolute atomic E-state index is 0.00573. The zero-order valence-corrected chi connectivity index (χ0v) is 23.0. The van der Waals surface area contributed by atoms with E-state index in [2.05, 4.69) is 0 Å². The minimum atomic E-state index is -0.820. The average molecular weight is 608 g/mol. The number of benzene rings is 3. The van der Waals surface area contributed by atoms with Gasteiger partial charge >= 0.3 is 5.97 Å². The number of rotatable bonds is 7. The molecule has 0 unspecified atom stereocenters. The topological polar surface area (TPSA) is 101 Å². The number of carbonyl (C=O) groups excluding carboxylic acids is 5. The Morgan fingerprint density at radius 3 is 1.85 bits per heavy atom. The molecule has 4 rings (SSSR count). The molecule has 0 N–H and O–H groups in total. The van der Waals surface area contributed by atoms with E-state index in [0.717, 1.165) is 5.01 Å². The number of carbonyl (C=O) groups is 5. The van der Waals surface area contributed by atoms with E-state index >= 15 is 0 Å². The number of esters is 1. The van der Waals surface area contributed by atoms with E-state index in [0.29, 0.717) is 16.5 Å². The summed E-state index contributed by atoms with van der Waals surface area (Å²) in [5.74, 6) is -3.22. The third-order valence-corrected chi connectivity index (χ3v) is 6.82. The maximum atomic E-state index is 13.4. The Morgan fingerprint density at radius 2 is 1.31 bits per heavy atom. The van der Waals surface area contributed by atoms with Gasteiger partial charge in [-0.2, -0.15) is 5.01 Å². The van der Waals surface area contributed by atoms with Crippen molar-refractivity contribution in [3.63, 3.8) is 0 Å². The van der Waals surface area contributed by atoms with Crippen LogP contribution in [0.1, 0.15) is 50.3 Å². The fraction of sp³-hybridized carbons (Fsp3) is 0.148. The summed E-state index contributed by atoms with van der Waals surface area (Å²) in [5.41, 5.74) is 0.200. The molecular weight excluding hydrogens is 590 g/mol. The lowest BCUT2D eigenvalue weighted by atomic mass is 10.1. The van der Waals surface area contributed by atoms with Crippen molar-refractivity contribution < 1.29 is 28.7 Å². The van der Waals surface area contributed by atoms with Gasteiger partial charge in [0.1, 0.15) is 12.3 Å². The first-order valence-corrected chi connectivity index (χ1v) is 13.0. The zero-order valence-electron chi connectivity index (χ0n) is 20.0. The van der Waals surface area contributed by atoms with Crippen molar-refractivity contribution >= 4 is 75.9 Å². The molecular formula is C27H18Cl4N2O6. The van der Waals surface area contributed by atoms with Crippen molar-refractivity contribution in [2.45, 2.75) is 19.3 Å². The standard InChI is InChI=1S/C27H18Cl4N2O6/c28-16-6-10-19(21(30)12-16)26(37)32(33-24(35)2-1-3-25(33)36)14-23(34)15-4-8-18(9-5-15)39-27(38)20-11-7-17(29)13-22(20)31/h4-13H,1-3,14H2. The maximum absolute atomic E-state index is 13.4. The van der Waals surface area contributed by atoms with Gasteiger partial charge in [0, 0.05) is 28.5 Å². The summed E-state index contributed by atoms with van der Waals surface area (Å²) in [7, 11) is 0. The second kappa shape index (κ2) is 12.2. The van der Waals surface area contributed by atoms with E-state index in [9.17, 15) is 24.0 Å². The molecule has 0 atom stereocenters. The van der Waals surface area contributed by atoms with E-state index in [1.54, 1.807) is 0 Å². The van der Waals surface area contributed by atoms with Crippen molar-refractivity contribution in [1.82, 2.24) is 10.0 Å². The molecule has 0 aliphatic carbocycles. The number of amides is 3. The first-order chi connectivity index (χ1) is 18.5. The normalized spacial score (nSPS) is 13.3. The Morgan fingerprint density at radius 1 is 0.769 bits per heavy atom. The number of ether oxygens (including phenoxy) is 1. The smallest absolute Gasteiger partial charge is 0.345 e. The highest BCUT2D eigenvalue weighted by molar-refractivity contribution is 6.37. The molecule has 0 saturated carbocycles. The van der Waals surface area contributed by atoms with Crippen molar-refractivity contribution in [1.29, 1.82) is 0 Å². The van der Waals surface area contributed by atoms with E-state index in [1.807, 2.05) is 0 Å². The lowest BCUT2D eigenvalue weighted by Crippen LogP contribution is -2.56. The summed E-state index contributed by atoms with van der Waals surface area (Å²) in [4.78, 5) is 64.3. The summed E-state index contributed by atoms with van der Waals surface area (Å²) >= 11 is 24.0. The van der Waals surface area contributed by atoms with E-state index < -0.39 is 36.0 Å². The molecule has 8 nitrogen and oxygen atoms in total. The first-order valence-electron chi connectivity index (χ1n) is 11.5. The Labute approximate surface area is 242 Å². The molecule has 200 valence electrons. The van der Waals surface area contributed by atoms with Gasteiger partial charge in [0.2, 0.25) is 11.8 Å². The minimum Gasteiger partial charge on any atom is -0.423 e. The number of ketones is 1. The number of imide groups is 1. The van der Waals surface area contributed by atoms with Gasteiger partial charge in [0.15, 0.2) is 5.78 Å².